The Kier molecular flexibility index (Phi) is 15.3. The molecule has 0 saturated carbocycles. The van der Waals surface area contributed by atoms with Gasteiger partial charge >= 0.3 is 12.4 Å². The van der Waals surface area contributed by atoms with E-state index in [9.17, 15) is 40.8 Å². The van der Waals surface area contributed by atoms with Gasteiger partial charge < -0.3 is 15.0 Å². The van der Waals surface area contributed by atoms with Gasteiger partial charge in [-0.2, -0.15) is 31.6 Å². The minimum Gasteiger partial charge on any atom is -0.616 e. The molecule has 2 atom stereocenters. The van der Waals surface area contributed by atoms with E-state index in [0.29, 0.717) is 30.4 Å². The Morgan fingerprint density at radius 1 is 0.897 bits per heavy atom. The molecule has 39 heavy (non-hydrogen) atoms. The van der Waals surface area contributed by atoms with Gasteiger partial charge in [0.25, 0.3) is 5.91 Å². The van der Waals surface area contributed by atoms with Crippen LogP contribution in [0.25, 0.3) is 0 Å². The number of anilines is 1. The van der Waals surface area contributed by atoms with E-state index in [4.69, 9.17) is 5.26 Å². The van der Waals surface area contributed by atoms with Crippen LogP contribution in [0.4, 0.5) is 32.0 Å². The zero-order valence-electron chi connectivity index (χ0n) is 22.2. The third-order valence-corrected chi connectivity index (χ3v) is 7.80. The van der Waals surface area contributed by atoms with Gasteiger partial charge in [0.15, 0.2) is 0 Å². The highest BCUT2D eigenvalue weighted by molar-refractivity contribution is 7.91. The van der Waals surface area contributed by atoms with E-state index in [1.807, 2.05) is 0 Å². The Morgan fingerprint density at radius 2 is 1.38 bits per heavy atom. The number of halogens is 6. The predicted octanol–water partition coefficient (Wildman–Crippen LogP) is 7.65. The van der Waals surface area contributed by atoms with Crippen LogP contribution in [0.1, 0.15) is 102 Å². The Morgan fingerprint density at radius 3 is 1.90 bits per heavy atom. The van der Waals surface area contributed by atoms with Gasteiger partial charge in [-0.05, 0) is 57.2 Å². The van der Waals surface area contributed by atoms with Crippen molar-refractivity contribution < 1.29 is 40.8 Å². The summed E-state index contributed by atoms with van der Waals surface area (Å²) < 4.78 is 87.4. The van der Waals surface area contributed by atoms with Gasteiger partial charge in [0.1, 0.15) is 17.1 Å². The number of nitrogens with one attached hydrogen (secondary N) is 1. The van der Waals surface area contributed by atoms with Crippen molar-refractivity contribution in [2.24, 2.45) is 0 Å². The van der Waals surface area contributed by atoms with E-state index >= 15 is 0 Å². The second kappa shape index (κ2) is 17.0. The number of rotatable bonds is 18. The summed E-state index contributed by atoms with van der Waals surface area (Å²) in [7, 11) is 0. The van der Waals surface area contributed by atoms with Crippen LogP contribution in [0.3, 0.4) is 0 Å². The quantitative estimate of drug-likeness (QED) is 0.105. The van der Waals surface area contributed by atoms with Crippen molar-refractivity contribution in [3.05, 3.63) is 29.3 Å². The van der Waals surface area contributed by atoms with Gasteiger partial charge in [0.05, 0.1) is 17.2 Å². The Balaban J connectivity index is 2.15. The molecule has 2 unspecified atom stereocenters. The van der Waals surface area contributed by atoms with E-state index in [1.165, 1.54) is 19.1 Å². The van der Waals surface area contributed by atoms with Gasteiger partial charge in [-0.15, -0.1) is 0 Å². The van der Waals surface area contributed by atoms with Crippen LogP contribution < -0.4 is 5.32 Å². The molecule has 0 radical (unpaired) electrons. The molecule has 1 aromatic carbocycles. The summed E-state index contributed by atoms with van der Waals surface area (Å²) in [6.45, 7) is 1.31. The van der Waals surface area contributed by atoms with Gasteiger partial charge in [-0.3, -0.25) is 4.79 Å². The summed E-state index contributed by atoms with van der Waals surface area (Å²) in [5.41, 5.74) is -3.63. The summed E-state index contributed by atoms with van der Waals surface area (Å²) >= 11 is -1.06. The Bertz CT molecular complexity index is 916. The van der Waals surface area contributed by atoms with Gasteiger partial charge in [0, 0.05) is 12.1 Å². The standard InChI is InChI=1S/C27H38F6N2O3S/c1-25(37,24(36)35-22-14-13-21(20-34)23(19-22)27(31,32)33)15-9-7-5-3-2-4-6-8-11-17-39(38)18-12-10-16-26(28,29)30/h13-14,19,37H,2-12,15-18H2,1H3,(H,35,36). The summed E-state index contributed by atoms with van der Waals surface area (Å²) in [6, 6.07) is 4.30. The molecule has 1 rings (SSSR count). The number of alkyl halides is 6. The summed E-state index contributed by atoms with van der Waals surface area (Å²) in [5.74, 6) is 0.0235. The molecule has 0 aromatic heterocycles. The molecule has 1 amide bonds. The molecule has 222 valence electrons. The number of unbranched alkanes of at least 4 members (excludes halogenated alkanes) is 9. The van der Waals surface area contributed by atoms with Crippen LogP contribution in [0, 0.1) is 11.3 Å². The van der Waals surface area contributed by atoms with Crippen molar-refractivity contribution in [3.8, 4) is 6.07 Å². The Hall–Kier alpha value is -1.97. The lowest BCUT2D eigenvalue weighted by Crippen LogP contribution is -2.40. The topological polar surface area (TPSA) is 96.2 Å². The molecule has 2 N–H and O–H groups in total. The molecule has 0 heterocycles. The molecule has 0 spiro atoms. The summed E-state index contributed by atoms with van der Waals surface area (Å²) in [4.78, 5) is 12.4. The average molecular weight is 585 g/mol. The van der Waals surface area contributed by atoms with Crippen molar-refractivity contribution in [2.45, 2.75) is 108 Å². The minimum absolute atomic E-state index is 0.0186. The van der Waals surface area contributed by atoms with E-state index in [-0.39, 0.29) is 18.5 Å². The highest BCUT2D eigenvalue weighted by Crippen LogP contribution is 2.34. The van der Waals surface area contributed by atoms with E-state index in [0.717, 1.165) is 57.4 Å². The largest absolute Gasteiger partial charge is 0.616 e. The monoisotopic (exact) mass is 584 g/mol. The lowest BCUT2D eigenvalue weighted by Gasteiger charge is -2.22. The second-order valence-corrected chi connectivity index (χ2v) is 11.6. The number of aliphatic hydroxyl groups is 1. The van der Waals surface area contributed by atoms with Gasteiger partial charge in [-0.1, -0.05) is 56.1 Å². The first-order valence-electron chi connectivity index (χ1n) is 13.2. The first kappa shape index (κ1) is 35.1. The second-order valence-electron chi connectivity index (χ2n) is 9.95. The number of hydrogen-bond donors (Lipinski definition) is 2. The molecule has 1 aromatic rings. The maximum Gasteiger partial charge on any atom is 0.417 e. The molecule has 5 nitrogen and oxygen atoms in total. The maximum atomic E-state index is 13.1. The zero-order valence-corrected chi connectivity index (χ0v) is 23.0. The van der Waals surface area contributed by atoms with Crippen molar-refractivity contribution >= 4 is 22.8 Å². The molecule has 0 fully saturated rings. The molecular formula is C27H38F6N2O3S. The van der Waals surface area contributed by atoms with Crippen LogP contribution in [-0.4, -0.2) is 38.8 Å². The third kappa shape index (κ3) is 15.4. The number of nitrogens with zero attached hydrogens (tertiary/aromatic N) is 1. The summed E-state index contributed by atoms with van der Waals surface area (Å²) in [5, 5.41) is 21.6. The molecular weight excluding hydrogens is 546 g/mol. The molecule has 0 aliphatic carbocycles. The molecule has 0 bridgehead atoms. The number of benzene rings is 1. The van der Waals surface area contributed by atoms with E-state index in [2.05, 4.69) is 5.32 Å². The maximum absolute atomic E-state index is 13.1. The fourth-order valence-electron chi connectivity index (χ4n) is 3.99. The van der Waals surface area contributed by atoms with Crippen molar-refractivity contribution in [3.63, 3.8) is 0 Å². The molecule has 0 aliphatic heterocycles. The first-order chi connectivity index (χ1) is 18.2. The van der Waals surface area contributed by atoms with Gasteiger partial charge in [0.2, 0.25) is 0 Å². The van der Waals surface area contributed by atoms with Crippen LogP contribution in [0.15, 0.2) is 18.2 Å². The Labute approximate surface area is 229 Å². The van der Waals surface area contributed by atoms with E-state index in [1.54, 1.807) is 0 Å². The van der Waals surface area contributed by atoms with Crippen LogP contribution in [0.5, 0.6) is 0 Å². The molecule has 0 aliphatic rings. The fourth-order valence-corrected chi connectivity index (χ4v) is 5.25. The number of nitriles is 1. The van der Waals surface area contributed by atoms with Crippen LogP contribution in [-0.2, 0) is 22.1 Å². The minimum atomic E-state index is -4.75. The lowest BCUT2D eigenvalue weighted by atomic mass is 9.96. The van der Waals surface area contributed by atoms with Gasteiger partial charge in [-0.25, -0.2) is 0 Å². The van der Waals surface area contributed by atoms with Crippen LogP contribution in [0.2, 0.25) is 0 Å². The zero-order chi connectivity index (χ0) is 29.5. The number of amides is 1. The lowest BCUT2D eigenvalue weighted by molar-refractivity contribution is -0.138. The van der Waals surface area contributed by atoms with Crippen molar-refractivity contribution in [1.29, 1.82) is 5.26 Å². The van der Waals surface area contributed by atoms with Crippen molar-refractivity contribution in [1.82, 2.24) is 0 Å². The fraction of sp³-hybridized carbons (Fsp3) is 0.704. The average Bonchev–Trinajstić information content (AvgIpc) is 2.84. The summed E-state index contributed by atoms with van der Waals surface area (Å²) in [6.07, 6.45) is -1.26. The molecule has 0 saturated heterocycles. The number of carbonyl (C=O) groups excluding carboxylic acids is 1. The number of carbonyl (C=O) groups is 1. The van der Waals surface area contributed by atoms with Crippen LogP contribution >= 0.6 is 0 Å². The smallest absolute Gasteiger partial charge is 0.417 e. The SMILES string of the molecule is CC(O)(CCCCCCCCCCC[S+]([O-])CCCCC(F)(F)F)C(=O)Nc1ccc(C#N)c(C(F)(F)F)c1. The third-order valence-electron chi connectivity index (χ3n) is 6.31. The molecule has 12 heteroatoms. The van der Waals surface area contributed by atoms with E-state index < -0.39 is 52.6 Å². The highest BCUT2D eigenvalue weighted by Gasteiger charge is 2.35. The predicted molar refractivity (Wildman–Crippen MR) is 139 cm³/mol. The van der Waals surface area contributed by atoms with Crippen molar-refractivity contribution in [2.75, 3.05) is 16.8 Å². The normalized spacial score (nSPS) is 14.5. The number of hydrogen-bond acceptors (Lipinski definition) is 4. The highest BCUT2D eigenvalue weighted by atomic mass is 32.2. The first-order valence-corrected chi connectivity index (χ1v) is 14.7.